The quantitative estimate of drug-likeness (QED) is 0.462. The maximum Gasteiger partial charge on any atom is 0.0366 e. The highest BCUT2D eigenvalue weighted by molar-refractivity contribution is 8.03. The molecule has 1 aliphatic heterocycles. The fourth-order valence-electron chi connectivity index (χ4n) is 2.38. The summed E-state index contributed by atoms with van der Waals surface area (Å²) in [6, 6.07) is 3.97. The third-order valence-corrected chi connectivity index (χ3v) is 5.19. The van der Waals surface area contributed by atoms with Gasteiger partial charge < -0.3 is 5.32 Å². The Kier molecular flexibility index (Phi) is 14.6. The van der Waals surface area contributed by atoms with Crippen molar-refractivity contribution in [2.24, 2.45) is 10.4 Å². The zero-order valence-corrected chi connectivity index (χ0v) is 20.9. The van der Waals surface area contributed by atoms with Crippen LogP contribution in [0.5, 0.6) is 0 Å². The van der Waals surface area contributed by atoms with E-state index in [-0.39, 0.29) is 0 Å². The summed E-state index contributed by atoms with van der Waals surface area (Å²) in [6.45, 7) is 20.2. The average molecular weight is 428 g/mol. The van der Waals surface area contributed by atoms with Gasteiger partial charge in [0.25, 0.3) is 0 Å². The Morgan fingerprint density at radius 2 is 1.97 bits per heavy atom. The topological polar surface area (TPSA) is 37.3 Å². The van der Waals surface area contributed by atoms with E-state index >= 15 is 0 Å². The summed E-state index contributed by atoms with van der Waals surface area (Å²) >= 11 is 1.89. The predicted octanol–water partition coefficient (Wildman–Crippen LogP) is 7.36. The van der Waals surface area contributed by atoms with Crippen LogP contribution in [0.4, 0.5) is 0 Å². The lowest BCUT2D eigenvalue weighted by molar-refractivity contribution is 0.408. The van der Waals surface area contributed by atoms with Gasteiger partial charge in [0.05, 0.1) is 0 Å². The van der Waals surface area contributed by atoms with Crippen molar-refractivity contribution in [3.05, 3.63) is 77.8 Å². The number of nitrogens with one attached hydrogen (secondary N) is 1. The molecular formula is C26H41N3S. The molecule has 0 bridgehead atoms. The number of thioether (sulfide) groups is 1. The van der Waals surface area contributed by atoms with Crippen LogP contribution >= 0.6 is 11.8 Å². The highest BCUT2D eigenvalue weighted by Gasteiger charge is 2.17. The van der Waals surface area contributed by atoms with Gasteiger partial charge >= 0.3 is 0 Å². The Labute approximate surface area is 189 Å². The van der Waals surface area contributed by atoms with E-state index in [9.17, 15) is 0 Å². The van der Waals surface area contributed by atoms with E-state index in [4.69, 9.17) is 0 Å². The molecular weight excluding hydrogens is 386 g/mol. The predicted molar refractivity (Wildman–Crippen MR) is 138 cm³/mol. The first kappa shape index (κ1) is 27.9. The van der Waals surface area contributed by atoms with Gasteiger partial charge in [-0.25, -0.2) is 0 Å². The molecule has 0 radical (unpaired) electrons. The smallest absolute Gasteiger partial charge is 0.0366 e. The van der Waals surface area contributed by atoms with Crippen molar-refractivity contribution >= 4 is 17.5 Å². The van der Waals surface area contributed by atoms with Crippen LogP contribution in [-0.2, 0) is 6.42 Å². The van der Waals surface area contributed by atoms with Crippen LogP contribution in [0.25, 0.3) is 0 Å². The van der Waals surface area contributed by atoms with E-state index in [2.05, 4.69) is 75.3 Å². The number of hydrogen-bond acceptors (Lipinski definition) is 4. The van der Waals surface area contributed by atoms with E-state index < -0.39 is 0 Å². The molecule has 30 heavy (non-hydrogen) atoms. The van der Waals surface area contributed by atoms with E-state index in [1.807, 2.05) is 50.1 Å². The largest absolute Gasteiger partial charge is 0.392 e. The Hall–Kier alpha value is -2.07. The second kappa shape index (κ2) is 15.7. The summed E-state index contributed by atoms with van der Waals surface area (Å²) in [5, 5.41) is 2.83. The van der Waals surface area contributed by atoms with Crippen molar-refractivity contribution in [3.8, 4) is 0 Å². The first-order valence-corrected chi connectivity index (χ1v) is 11.4. The monoisotopic (exact) mass is 427 g/mol. The van der Waals surface area contributed by atoms with Gasteiger partial charge in [0.15, 0.2) is 0 Å². The highest BCUT2D eigenvalue weighted by Crippen LogP contribution is 2.29. The SMILES string of the molecule is C/C=C(\C)SCC1=NC=C(CC(C)(C)C)C1.C=C(C)NC.C=CCc1cccnc1. The van der Waals surface area contributed by atoms with Gasteiger partial charge in [-0.3, -0.25) is 9.98 Å². The molecule has 2 heterocycles. The van der Waals surface area contributed by atoms with E-state index in [0.717, 1.165) is 30.7 Å². The Bertz CT molecular complexity index is 722. The van der Waals surface area contributed by atoms with Crippen molar-refractivity contribution in [3.63, 3.8) is 0 Å². The molecule has 1 N–H and O–H groups in total. The number of allylic oxidation sites excluding steroid dienone is 5. The third kappa shape index (κ3) is 15.8. The molecule has 0 saturated heterocycles. The molecule has 0 aliphatic carbocycles. The molecule has 0 amide bonds. The van der Waals surface area contributed by atoms with Crippen LogP contribution in [0, 0.1) is 5.41 Å². The number of aromatic nitrogens is 1. The van der Waals surface area contributed by atoms with E-state index in [1.54, 1.807) is 6.20 Å². The van der Waals surface area contributed by atoms with Crippen molar-refractivity contribution in [2.45, 2.75) is 60.8 Å². The fraction of sp³-hybridized carbons (Fsp3) is 0.462. The van der Waals surface area contributed by atoms with Crippen molar-refractivity contribution in [2.75, 3.05) is 12.8 Å². The van der Waals surface area contributed by atoms with Crippen LogP contribution in [0.15, 0.2) is 77.2 Å². The lowest BCUT2D eigenvalue weighted by Crippen LogP contribution is -2.07. The second-order valence-corrected chi connectivity index (χ2v) is 9.69. The molecule has 0 unspecified atom stereocenters. The lowest BCUT2D eigenvalue weighted by atomic mass is 9.87. The van der Waals surface area contributed by atoms with Gasteiger partial charge in [0.2, 0.25) is 0 Å². The first-order chi connectivity index (χ1) is 14.1. The molecule has 3 nitrogen and oxygen atoms in total. The average Bonchev–Trinajstić information content (AvgIpc) is 3.13. The van der Waals surface area contributed by atoms with Crippen LogP contribution in [0.3, 0.4) is 0 Å². The minimum absolute atomic E-state index is 0.378. The Balaban J connectivity index is 0.000000502. The lowest BCUT2D eigenvalue weighted by Gasteiger charge is -2.18. The van der Waals surface area contributed by atoms with Crippen LogP contribution in [0.1, 0.15) is 59.9 Å². The molecule has 0 atom stereocenters. The summed E-state index contributed by atoms with van der Waals surface area (Å²) in [4.78, 5) is 9.85. The molecule has 4 heteroatoms. The van der Waals surface area contributed by atoms with E-state index in [1.165, 1.54) is 21.8 Å². The van der Waals surface area contributed by atoms with E-state index in [0.29, 0.717) is 5.41 Å². The molecule has 0 aromatic carbocycles. The Morgan fingerprint density at radius 1 is 1.30 bits per heavy atom. The maximum absolute atomic E-state index is 4.51. The summed E-state index contributed by atoms with van der Waals surface area (Å²) < 4.78 is 0. The minimum Gasteiger partial charge on any atom is -0.392 e. The van der Waals surface area contributed by atoms with Crippen LogP contribution in [0.2, 0.25) is 0 Å². The van der Waals surface area contributed by atoms with Crippen molar-refractivity contribution in [1.29, 1.82) is 0 Å². The summed E-state index contributed by atoms with van der Waals surface area (Å²) in [5.41, 5.74) is 5.41. The number of rotatable bonds is 7. The zero-order valence-electron chi connectivity index (χ0n) is 20.1. The molecule has 1 aromatic rings. The van der Waals surface area contributed by atoms with Gasteiger partial charge in [-0.05, 0) is 66.8 Å². The number of aliphatic imine (C=N–C) groups is 1. The number of pyridine rings is 1. The molecule has 0 saturated carbocycles. The highest BCUT2D eigenvalue weighted by atomic mass is 32.2. The first-order valence-electron chi connectivity index (χ1n) is 10.4. The van der Waals surface area contributed by atoms with Crippen molar-refractivity contribution < 1.29 is 0 Å². The van der Waals surface area contributed by atoms with Gasteiger partial charge in [0.1, 0.15) is 0 Å². The third-order valence-electron chi connectivity index (χ3n) is 4.02. The standard InChI is InChI=1S/C14H23NS.C8H9N.C4H9N/c1-6-11(2)16-10-13-7-12(9-15-13)8-14(3,4)5;1-2-4-8-5-3-6-9-7-8;1-4(2)5-3/h6,9H,7-8,10H2,1-5H3;2-3,5-7H,1,4H2;5H,1H2,2-3H3/b11-6+;;. The molecule has 0 spiro atoms. The second-order valence-electron chi connectivity index (χ2n) is 8.47. The maximum atomic E-state index is 4.51. The molecule has 166 valence electrons. The summed E-state index contributed by atoms with van der Waals surface area (Å²) in [5.74, 6) is 1.04. The van der Waals surface area contributed by atoms with Crippen LogP contribution < -0.4 is 5.32 Å². The summed E-state index contributed by atoms with van der Waals surface area (Å²) in [7, 11) is 1.85. The molecule has 0 fully saturated rings. The van der Waals surface area contributed by atoms with Gasteiger partial charge in [0, 0.05) is 43.5 Å². The van der Waals surface area contributed by atoms with Gasteiger partial charge in [-0.2, -0.15) is 0 Å². The number of nitrogens with zero attached hydrogens (tertiary/aromatic N) is 2. The molecule has 1 aliphatic rings. The molecule has 1 aromatic heterocycles. The summed E-state index contributed by atoms with van der Waals surface area (Å²) in [6.07, 6.45) is 12.9. The minimum atomic E-state index is 0.378. The van der Waals surface area contributed by atoms with Gasteiger partial charge in [-0.1, -0.05) is 45.6 Å². The number of hydrogen-bond donors (Lipinski definition) is 1. The van der Waals surface area contributed by atoms with Crippen LogP contribution in [-0.4, -0.2) is 23.5 Å². The van der Waals surface area contributed by atoms with Crippen molar-refractivity contribution in [1.82, 2.24) is 10.3 Å². The molecule has 2 rings (SSSR count). The Morgan fingerprint density at radius 3 is 2.43 bits per heavy atom. The van der Waals surface area contributed by atoms with Gasteiger partial charge in [-0.15, -0.1) is 18.3 Å². The normalized spacial score (nSPS) is 13.1. The fourth-order valence-corrected chi connectivity index (χ4v) is 3.12. The zero-order chi connectivity index (χ0) is 23.0.